The fourth-order valence-corrected chi connectivity index (χ4v) is 2.97. The molecule has 0 bridgehead atoms. The monoisotopic (exact) mass is 383 g/mol. The molecule has 0 radical (unpaired) electrons. The third-order valence-electron chi connectivity index (χ3n) is 3.94. The Hall–Kier alpha value is -2.02. The van der Waals surface area contributed by atoms with Gasteiger partial charge < -0.3 is 19.3 Å². The first-order valence-corrected chi connectivity index (χ1v) is 9.07. The molecule has 1 aliphatic heterocycles. The van der Waals surface area contributed by atoms with Gasteiger partial charge >= 0.3 is 12.1 Å². The lowest BCUT2D eigenvalue weighted by atomic mass is 10.1. The number of carbonyl (C=O) groups excluding carboxylic acids is 2. The number of halogens is 1. The highest BCUT2D eigenvalue weighted by molar-refractivity contribution is 6.29. The Morgan fingerprint density at radius 1 is 1.35 bits per heavy atom. The summed E-state index contributed by atoms with van der Waals surface area (Å²) in [6.07, 6.45) is 1.10. The van der Waals surface area contributed by atoms with Crippen molar-refractivity contribution in [1.82, 2.24) is 9.88 Å². The lowest BCUT2D eigenvalue weighted by Gasteiger charge is -2.41. The fraction of sp³-hybridized carbons (Fsp3) is 0.611. The number of nitrogens with zero attached hydrogens (tertiary/aromatic N) is 3. The van der Waals surface area contributed by atoms with Crippen molar-refractivity contribution in [2.45, 2.75) is 46.3 Å². The van der Waals surface area contributed by atoms with Crippen LogP contribution in [0.1, 0.15) is 45.0 Å². The van der Waals surface area contributed by atoms with Crippen LogP contribution >= 0.6 is 11.6 Å². The van der Waals surface area contributed by atoms with Crippen molar-refractivity contribution >= 4 is 29.4 Å². The van der Waals surface area contributed by atoms with Crippen molar-refractivity contribution in [2.75, 3.05) is 31.1 Å². The molecule has 7 nitrogen and oxygen atoms in total. The summed E-state index contributed by atoms with van der Waals surface area (Å²) >= 11 is 6.03. The second kappa shape index (κ2) is 8.12. The van der Waals surface area contributed by atoms with Crippen LogP contribution in [0.3, 0.4) is 0 Å². The number of aromatic nitrogens is 1. The van der Waals surface area contributed by atoms with Gasteiger partial charge in [-0.15, -0.1) is 0 Å². The van der Waals surface area contributed by atoms with Gasteiger partial charge in [0.25, 0.3) is 0 Å². The van der Waals surface area contributed by atoms with E-state index in [-0.39, 0.29) is 18.7 Å². The molecule has 1 aromatic rings. The molecule has 0 aromatic carbocycles. The van der Waals surface area contributed by atoms with Gasteiger partial charge in [0.05, 0.1) is 12.3 Å². The van der Waals surface area contributed by atoms with E-state index in [1.807, 2.05) is 32.6 Å². The number of ether oxygens (including phenoxy) is 2. The molecular formula is C18H26ClN3O4. The van der Waals surface area contributed by atoms with E-state index in [0.717, 1.165) is 0 Å². The highest BCUT2D eigenvalue weighted by atomic mass is 35.5. The number of pyridine rings is 1. The molecule has 1 amide bonds. The maximum Gasteiger partial charge on any atom is 0.410 e. The van der Waals surface area contributed by atoms with Gasteiger partial charge in [-0.1, -0.05) is 11.6 Å². The van der Waals surface area contributed by atoms with Crippen LogP contribution in [0.25, 0.3) is 0 Å². The molecule has 0 N–H and O–H groups in total. The minimum atomic E-state index is -0.538. The Labute approximate surface area is 159 Å². The Kier molecular flexibility index (Phi) is 6.34. The minimum Gasteiger partial charge on any atom is -0.462 e. The molecule has 1 atom stereocenters. The van der Waals surface area contributed by atoms with Crippen LogP contribution < -0.4 is 4.90 Å². The standard InChI is InChI=1S/C18H26ClN3O4/c1-6-25-16(23)13-10-20-15(19)9-14(13)21-7-8-22(12(2)11-21)17(24)26-18(3,4)5/h9-10,12H,6-8,11H2,1-5H3/t12-/m0/s1. The zero-order valence-electron chi connectivity index (χ0n) is 15.9. The van der Waals surface area contributed by atoms with E-state index in [2.05, 4.69) is 4.98 Å². The predicted octanol–water partition coefficient (Wildman–Crippen LogP) is 3.36. The van der Waals surface area contributed by atoms with E-state index in [9.17, 15) is 9.59 Å². The topological polar surface area (TPSA) is 72.0 Å². The number of carbonyl (C=O) groups is 2. The SMILES string of the molecule is CCOC(=O)c1cnc(Cl)cc1N1CCN(C(=O)OC(C)(C)C)[C@@H](C)C1. The Bertz CT molecular complexity index is 675. The molecule has 8 heteroatoms. The molecule has 26 heavy (non-hydrogen) atoms. The van der Waals surface area contributed by atoms with Gasteiger partial charge in [-0.05, 0) is 40.7 Å². The first-order valence-electron chi connectivity index (χ1n) is 8.69. The Morgan fingerprint density at radius 2 is 2.04 bits per heavy atom. The largest absolute Gasteiger partial charge is 0.462 e. The van der Waals surface area contributed by atoms with E-state index < -0.39 is 11.6 Å². The van der Waals surface area contributed by atoms with Gasteiger partial charge in [-0.3, -0.25) is 0 Å². The highest BCUT2D eigenvalue weighted by Gasteiger charge is 2.32. The smallest absolute Gasteiger partial charge is 0.410 e. The normalized spacial score (nSPS) is 17.8. The zero-order chi connectivity index (χ0) is 19.5. The summed E-state index contributed by atoms with van der Waals surface area (Å²) in [4.78, 5) is 32.3. The lowest BCUT2D eigenvalue weighted by Crippen LogP contribution is -2.55. The van der Waals surface area contributed by atoms with Gasteiger partial charge in [0, 0.05) is 31.9 Å². The second-order valence-corrected chi connectivity index (χ2v) is 7.60. The molecule has 1 saturated heterocycles. The average molecular weight is 384 g/mol. The van der Waals surface area contributed by atoms with Crippen LogP contribution in [0.5, 0.6) is 0 Å². The van der Waals surface area contributed by atoms with Crippen LogP contribution in [0.2, 0.25) is 5.15 Å². The molecule has 2 heterocycles. The van der Waals surface area contributed by atoms with Crippen molar-refractivity contribution in [3.05, 3.63) is 23.0 Å². The van der Waals surface area contributed by atoms with Gasteiger partial charge in [-0.25, -0.2) is 14.6 Å². The third kappa shape index (κ3) is 5.00. The van der Waals surface area contributed by atoms with Crippen LogP contribution in [0.4, 0.5) is 10.5 Å². The third-order valence-corrected chi connectivity index (χ3v) is 4.15. The van der Waals surface area contributed by atoms with Crippen molar-refractivity contribution < 1.29 is 19.1 Å². The van der Waals surface area contributed by atoms with E-state index in [1.54, 1.807) is 17.9 Å². The van der Waals surface area contributed by atoms with Crippen molar-refractivity contribution in [3.8, 4) is 0 Å². The number of hydrogen-bond donors (Lipinski definition) is 0. The van der Waals surface area contributed by atoms with Crippen molar-refractivity contribution in [1.29, 1.82) is 0 Å². The molecule has 1 aromatic heterocycles. The minimum absolute atomic E-state index is 0.0828. The number of piperazine rings is 1. The Morgan fingerprint density at radius 3 is 2.62 bits per heavy atom. The van der Waals surface area contributed by atoms with E-state index in [4.69, 9.17) is 21.1 Å². The van der Waals surface area contributed by atoms with Crippen LogP contribution in [0, 0.1) is 0 Å². The molecule has 0 spiro atoms. The average Bonchev–Trinajstić information content (AvgIpc) is 2.53. The summed E-state index contributed by atoms with van der Waals surface area (Å²) in [5.41, 5.74) is 0.497. The van der Waals surface area contributed by atoms with E-state index in [1.165, 1.54) is 6.20 Å². The molecule has 0 unspecified atom stereocenters. The van der Waals surface area contributed by atoms with Gasteiger partial charge in [0.15, 0.2) is 0 Å². The molecule has 0 aliphatic carbocycles. The molecule has 1 fully saturated rings. The molecular weight excluding hydrogens is 358 g/mol. The second-order valence-electron chi connectivity index (χ2n) is 7.21. The van der Waals surface area contributed by atoms with Crippen molar-refractivity contribution in [3.63, 3.8) is 0 Å². The van der Waals surface area contributed by atoms with Gasteiger partial charge in [-0.2, -0.15) is 0 Å². The first-order chi connectivity index (χ1) is 12.1. The number of hydrogen-bond acceptors (Lipinski definition) is 6. The molecule has 2 rings (SSSR count). The predicted molar refractivity (Wildman–Crippen MR) is 99.8 cm³/mol. The Balaban J connectivity index is 2.17. The summed E-state index contributed by atoms with van der Waals surface area (Å²) in [7, 11) is 0. The van der Waals surface area contributed by atoms with Crippen LogP contribution in [-0.4, -0.2) is 59.8 Å². The number of amides is 1. The first kappa shape index (κ1) is 20.3. The maximum atomic E-state index is 12.4. The summed E-state index contributed by atoms with van der Waals surface area (Å²) in [6.45, 7) is 11.1. The van der Waals surface area contributed by atoms with Gasteiger partial charge in [0.2, 0.25) is 0 Å². The number of esters is 1. The van der Waals surface area contributed by atoms with Crippen LogP contribution in [0.15, 0.2) is 12.3 Å². The summed E-state index contributed by atoms with van der Waals surface area (Å²) < 4.78 is 10.6. The maximum absolute atomic E-state index is 12.4. The number of anilines is 1. The fourth-order valence-electron chi connectivity index (χ4n) is 2.82. The quantitative estimate of drug-likeness (QED) is 0.588. The highest BCUT2D eigenvalue weighted by Crippen LogP contribution is 2.27. The summed E-state index contributed by atoms with van der Waals surface area (Å²) in [5, 5.41) is 0.301. The number of rotatable bonds is 3. The van der Waals surface area contributed by atoms with E-state index in [0.29, 0.717) is 36.0 Å². The lowest BCUT2D eigenvalue weighted by molar-refractivity contribution is 0.0158. The summed E-state index contributed by atoms with van der Waals surface area (Å²) in [6, 6.07) is 1.57. The molecule has 1 aliphatic rings. The van der Waals surface area contributed by atoms with Crippen molar-refractivity contribution in [2.24, 2.45) is 0 Å². The summed E-state index contributed by atoms with van der Waals surface area (Å²) in [5.74, 6) is -0.436. The molecule has 0 saturated carbocycles. The van der Waals surface area contributed by atoms with Gasteiger partial charge in [0.1, 0.15) is 16.3 Å². The van der Waals surface area contributed by atoms with E-state index >= 15 is 0 Å². The molecule has 144 valence electrons. The van der Waals surface area contributed by atoms with Crippen LogP contribution in [-0.2, 0) is 9.47 Å². The zero-order valence-corrected chi connectivity index (χ0v) is 16.7.